The van der Waals surface area contributed by atoms with E-state index in [9.17, 15) is 0 Å². The Morgan fingerprint density at radius 1 is 0.260 bits per heavy atom. The molecule has 0 atom stereocenters. The Labute approximate surface area is 287 Å². The normalized spacial score (nSPS) is 11.6. The molecule has 0 N–H and O–H groups in total. The Morgan fingerprint density at radius 3 is 1.36 bits per heavy atom. The van der Waals surface area contributed by atoms with Gasteiger partial charge in [0.25, 0.3) is 0 Å². The SMILES string of the molecule is c1ccc(-c2nc(-c3ccccc3)nc(-c3cccc(-c4ccc5c(c4)oc4ccc(-c6ccc7c(c6)oc6ccccc67)cc45)c3)n2)cc1. The van der Waals surface area contributed by atoms with Gasteiger partial charge in [-0.25, -0.2) is 15.0 Å². The molecule has 50 heavy (non-hydrogen) atoms. The Hall–Kier alpha value is -6.85. The van der Waals surface area contributed by atoms with Gasteiger partial charge in [-0.1, -0.05) is 115 Å². The first kappa shape index (κ1) is 28.2. The number of hydrogen-bond donors (Lipinski definition) is 0. The molecule has 0 aliphatic carbocycles. The van der Waals surface area contributed by atoms with Crippen LogP contribution in [0.25, 0.3) is 100 Å². The Bertz CT molecular complexity index is 2810. The molecule has 0 aliphatic rings. The van der Waals surface area contributed by atoms with Crippen molar-refractivity contribution in [1.82, 2.24) is 15.0 Å². The third-order valence-electron chi connectivity index (χ3n) is 9.34. The second-order valence-corrected chi connectivity index (χ2v) is 12.5. The summed E-state index contributed by atoms with van der Waals surface area (Å²) in [5.41, 5.74) is 10.6. The first-order valence-corrected chi connectivity index (χ1v) is 16.6. The van der Waals surface area contributed by atoms with Gasteiger partial charge in [0.15, 0.2) is 17.5 Å². The van der Waals surface area contributed by atoms with E-state index in [1.807, 2.05) is 91.0 Å². The summed E-state index contributed by atoms with van der Waals surface area (Å²) in [4.78, 5) is 14.7. The molecule has 0 saturated carbocycles. The maximum atomic E-state index is 6.41. The van der Waals surface area contributed by atoms with Crippen LogP contribution in [0, 0.1) is 0 Å². The first-order valence-electron chi connectivity index (χ1n) is 16.6. The third-order valence-corrected chi connectivity index (χ3v) is 9.34. The van der Waals surface area contributed by atoms with Crippen molar-refractivity contribution >= 4 is 43.9 Å². The van der Waals surface area contributed by atoms with Crippen molar-refractivity contribution in [3.05, 3.63) is 164 Å². The minimum Gasteiger partial charge on any atom is -0.456 e. The Balaban J connectivity index is 1.02. The summed E-state index contributed by atoms with van der Waals surface area (Å²) in [5.74, 6) is 1.90. The number of furan rings is 2. The number of nitrogens with zero attached hydrogens (tertiary/aromatic N) is 3. The molecule has 0 saturated heterocycles. The molecule has 0 aliphatic heterocycles. The number of hydrogen-bond acceptors (Lipinski definition) is 5. The standard InChI is InChI=1S/C45H27N3O2/c1-3-10-28(11-4-1)43-46-44(29-12-5-2-6-13-29)48-45(47-43)34-15-9-14-30(24-34)32-19-22-37-38-25-31(20-23-40(38)50-42(37)26-32)33-18-21-36-35-16-7-8-17-39(35)49-41(36)27-33/h1-27H. The molecule has 0 radical (unpaired) electrons. The molecular formula is C45H27N3O2. The van der Waals surface area contributed by atoms with Gasteiger partial charge in [0.1, 0.15) is 22.3 Å². The lowest BCUT2D eigenvalue weighted by Crippen LogP contribution is -2.00. The van der Waals surface area contributed by atoms with Gasteiger partial charge in [-0.2, -0.15) is 0 Å². The number of para-hydroxylation sites is 1. The highest BCUT2D eigenvalue weighted by Gasteiger charge is 2.15. The second kappa shape index (κ2) is 11.4. The zero-order chi connectivity index (χ0) is 33.0. The highest BCUT2D eigenvalue weighted by Crippen LogP contribution is 2.37. The lowest BCUT2D eigenvalue weighted by molar-refractivity contribution is 0.669. The Kier molecular flexibility index (Phi) is 6.42. The van der Waals surface area contributed by atoms with E-state index in [4.69, 9.17) is 23.8 Å². The molecule has 5 nitrogen and oxygen atoms in total. The highest BCUT2D eigenvalue weighted by atomic mass is 16.3. The predicted molar refractivity (Wildman–Crippen MR) is 202 cm³/mol. The average molecular weight is 642 g/mol. The minimum atomic E-state index is 0.623. The average Bonchev–Trinajstić information content (AvgIpc) is 3.75. The van der Waals surface area contributed by atoms with Gasteiger partial charge < -0.3 is 8.83 Å². The number of benzene rings is 7. The van der Waals surface area contributed by atoms with Crippen LogP contribution in [-0.2, 0) is 0 Å². The second-order valence-electron chi connectivity index (χ2n) is 12.5. The molecule has 3 heterocycles. The summed E-state index contributed by atoms with van der Waals surface area (Å²) in [7, 11) is 0. The largest absolute Gasteiger partial charge is 0.456 e. The lowest BCUT2D eigenvalue weighted by Gasteiger charge is -2.09. The molecule has 0 amide bonds. The molecule has 0 bridgehead atoms. The van der Waals surface area contributed by atoms with Gasteiger partial charge in [0.05, 0.1) is 0 Å². The van der Waals surface area contributed by atoms with Crippen molar-refractivity contribution < 1.29 is 8.83 Å². The zero-order valence-corrected chi connectivity index (χ0v) is 26.7. The van der Waals surface area contributed by atoms with Crippen LogP contribution < -0.4 is 0 Å². The fourth-order valence-electron chi connectivity index (χ4n) is 6.82. The number of rotatable bonds is 5. The van der Waals surface area contributed by atoms with E-state index in [1.54, 1.807) is 0 Å². The van der Waals surface area contributed by atoms with E-state index >= 15 is 0 Å². The van der Waals surface area contributed by atoms with Crippen molar-refractivity contribution in [3.63, 3.8) is 0 Å². The monoisotopic (exact) mass is 641 g/mol. The molecule has 10 aromatic rings. The molecular weight excluding hydrogens is 615 g/mol. The molecule has 0 fully saturated rings. The van der Waals surface area contributed by atoms with Crippen LogP contribution >= 0.6 is 0 Å². The van der Waals surface area contributed by atoms with E-state index in [0.717, 1.165) is 82.8 Å². The molecule has 5 heteroatoms. The fourth-order valence-corrected chi connectivity index (χ4v) is 6.82. The summed E-state index contributed by atoms with van der Waals surface area (Å²) >= 11 is 0. The zero-order valence-electron chi connectivity index (χ0n) is 26.7. The van der Waals surface area contributed by atoms with Crippen molar-refractivity contribution in [3.8, 4) is 56.4 Å². The first-order chi connectivity index (χ1) is 24.7. The summed E-state index contributed by atoms with van der Waals surface area (Å²) in [6.45, 7) is 0. The number of aromatic nitrogens is 3. The molecule has 0 spiro atoms. The minimum absolute atomic E-state index is 0.623. The van der Waals surface area contributed by atoms with Crippen molar-refractivity contribution in [2.45, 2.75) is 0 Å². The van der Waals surface area contributed by atoms with Crippen LogP contribution in [0.3, 0.4) is 0 Å². The van der Waals surface area contributed by atoms with Crippen LogP contribution in [0.2, 0.25) is 0 Å². The molecule has 3 aromatic heterocycles. The lowest BCUT2D eigenvalue weighted by atomic mass is 9.99. The summed E-state index contributed by atoms with van der Waals surface area (Å²) in [6, 6.07) is 55.8. The van der Waals surface area contributed by atoms with Crippen LogP contribution in [0.1, 0.15) is 0 Å². The summed E-state index contributed by atoms with van der Waals surface area (Å²) in [6.07, 6.45) is 0. The van der Waals surface area contributed by atoms with Gasteiger partial charge in [-0.3, -0.25) is 0 Å². The van der Waals surface area contributed by atoms with E-state index in [0.29, 0.717) is 17.5 Å². The van der Waals surface area contributed by atoms with Crippen molar-refractivity contribution in [2.75, 3.05) is 0 Å². The van der Waals surface area contributed by atoms with E-state index in [2.05, 4.69) is 72.8 Å². The maximum Gasteiger partial charge on any atom is 0.164 e. The smallest absolute Gasteiger partial charge is 0.164 e. The molecule has 0 unspecified atom stereocenters. The molecule has 234 valence electrons. The quantitative estimate of drug-likeness (QED) is 0.187. The van der Waals surface area contributed by atoms with E-state index in [1.165, 1.54) is 0 Å². The number of fused-ring (bicyclic) bond motifs is 6. The molecule has 10 rings (SSSR count). The van der Waals surface area contributed by atoms with Crippen LogP contribution in [0.5, 0.6) is 0 Å². The van der Waals surface area contributed by atoms with Crippen LogP contribution in [-0.4, -0.2) is 15.0 Å². The highest BCUT2D eigenvalue weighted by molar-refractivity contribution is 6.08. The predicted octanol–water partition coefficient (Wildman–Crippen LogP) is 12.0. The van der Waals surface area contributed by atoms with Gasteiger partial charge in [-0.05, 0) is 70.8 Å². The summed E-state index contributed by atoms with van der Waals surface area (Å²) < 4.78 is 12.6. The third kappa shape index (κ3) is 4.83. The van der Waals surface area contributed by atoms with E-state index in [-0.39, 0.29) is 0 Å². The summed E-state index contributed by atoms with van der Waals surface area (Å²) in [5, 5.41) is 4.41. The van der Waals surface area contributed by atoms with Crippen molar-refractivity contribution in [2.24, 2.45) is 0 Å². The Morgan fingerprint density at radius 2 is 0.700 bits per heavy atom. The van der Waals surface area contributed by atoms with Gasteiger partial charge in [-0.15, -0.1) is 0 Å². The molecule has 7 aromatic carbocycles. The topological polar surface area (TPSA) is 65.0 Å². The van der Waals surface area contributed by atoms with Crippen LogP contribution in [0.4, 0.5) is 0 Å². The van der Waals surface area contributed by atoms with Gasteiger partial charge in [0, 0.05) is 38.2 Å². The van der Waals surface area contributed by atoms with Crippen molar-refractivity contribution in [1.29, 1.82) is 0 Å². The van der Waals surface area contributed by atoms with Gasteiger partial charge >= 0.3 is 0 Å². The fraction of sp³-hybridized carbons (Fsp3) is 0. The van der Waals surface area contributed by atoms with E-state index < -0.39 is 0 Å². The maximum absolute atomic E-state index is 6.41. The van der Waals surface area contributed by atoms with Gasteiger partial charge in [0.2, 0.25) is 0 Å². The van der Waals surface area contributed by atoms with Crippen LogP contribution in [0.15, 0.2) is 173 Å².